The maximum Gasteiger partial charge on any atom is 0.151 e. The Bertz CT molecular complexity index is 835. The zero-order valence-electron chi connectivity index (χ0n) is 14.7. The maximum atomic E-state index is 4.36. The van der Waals surface area contributed by atoms with Gasteiger partial charge in [0.1, 0.15) is 0 Å². The van der Waals surface area contributed by atoms with Crippen LogP contribution in [0, 0.1) is 13.8 Å². The smallest absolute Gasteiger partial charge is 0.151 e. The van der Waals surface area contributed by atoms with Crippen LogP contribution >= 0.6 is 0 Å². The summed E-state index contributed by atoms with van der Waals surface area (Å²) in [7, 11) is 0. The highest BCUT2D eigenvalue weighted by atomic mass is 15.3. The van der Waals surface area contributed by atoms with E-state index in [0.29, 0.717) is 5.92 Å². The standard InChI is InChI=1S/C20H23N5/c1-14-5-8-16(9-6-14)18-12-21-24-20(18)17-4-3-11-25(13-17)19-10-7-15(2)22-23-19/h5-10,12,17H,3-4,11,13H2,1-2H3,(H,21,24)/t17-/m0/s1. The summed E-state index contributed by atoms with van der Waals surface area (Å²) in [6.45, 7) is 6.05. The Morgan fingerprint density at radius 1 is 1.04 bits per heavy atom. The van der Waals surface area contributed by atoms with E-state index in [-0.39, 0.29) is 0 Å². The van der Waals surface area contributed by atoms with E-state index in [2.05, 4.69) is 62.6 Å². The van der Waals surface area contributed by atoms with Gasteiger partial charge in [0.25, 0.3) is 0 Å². The van der Waals surface area contributed by atoms with E-state index < -0.39 is 0 Å². The lowest BCUT2D eigenvalue weighted by atomic mass is 9.90. The van der Waals surface area contributed by atoms with Crippen LogP contribution in [-0.2, 0) is 0 Å². The Morgan fingerprint density at radius 2 is 1.88 bits per heavy atom. The molecule has 128 valence electrons. The molecular weight excluding hydrogens is 310 g/mol. The molecule has 5 nitrogen and oxygen atoms in total. The van der Waals surface area contributed by atoms with Gasteiger partial charge in [-0.3, -0.25) is 5.10 Å². The average Bonchev–Trinajstić information content (AvgIpc) is 3.13. The van der Waals surface area contributed by atoms with Crippen LogP contribution in [0.1, 0.15) is 35.7 Å². The van der Waals surface area contributed by atoms with Gasteiger partial charge in [-0.1, -0.05) is 29.8 Å². The molecule has 0 aliphatic carbocycles. The second-order valence-corrected chi connectivity index (χ2v) is 6.88. The lowest BCUT2D eigenvalue weighted by Crippen LogP contribution is -2.35. The SMILES string of the molecule is Cc1ccc(-c2cn[nH]c2[C@H]2CCCN(c3ccc(C)nn3)C2)cc1. The van der Waals surface area contributed by atoms with E-state index >= 15 is 0 Å². The van der Waals surface area contributed by atoms with E-state index in [4.69, 9.17) is 0 Å². The van der Waals surface area contributed by atoms with Crippen molar-refractivity contribution in [1.29, 1.82) is 0 Å². The van der Waals surface area contributed by atoms with Crippen LogP contribution in [0.25, 0.3) is 11.1 Å². The molecule has 1 saturated heterocycles. The van der Waals surface area contributed by atoms with Crippen LogP contribution in [-0.4, -0.2) is 33.5 Å². The number of hydrogen-bond acceptors (Lipinski definition) is 4. The Balaban J connectivity index is 1.59. The molecule has 0 spiro atoms. The van der Waals surface area contributed by atoms with Gasteiger partial charge in [0.15, 0.2) is 5.82 Å². The molecule has 3 aromatic rings. The highest BCUT2D eigenvalue weighted by Crippen LogP contribution is 2.34. The van der Waals surface area contributed by atoms with E-state index in [1.54, 1.807) is 0 Å². The number of aromatic amines is 1. The lowest BCUT2D eigenvalue weighted by Gasteiger charge is -2.33. The van der Waals surface area contributed by atoms with Crippen LogP contribution in [0.3, 0.4) is 0 Å². The molecule has 1 aliphatic rings. The van der Waals surface area contributed by atoms with Gasteiger partial charge in [-0.25, -0.2) is 0 Å². The van der Waals surface area contributed by atoms with E-state index in [9.17, 15) is 0 Å². The molecule has 1 aliphatic heterocycles. The van der Waals surface area contributed by atoms with Crippen LogP contribution < -0.4 is 4.90 Å². The summed E-state index contributed by atoms with van der Waals surface area (Å²) in [6.07, 6.45) is 4.26. The van der Waals surface area contributed by atoms with Gasteiger partial charge < -0.3 is 4.90 Å². The third kappa shape index (κ3) is 3.27. The van der Waals surface area contributed by atoms with Crippen molar-refractivity contribution >= 4 is 5.82 Å². The molecular formula is C20H23N5. The number of aryl methyl sites for hydroxylation is 2. The van der Waals surface area contributed by atoms with E-state index in [1.807, 2.05) is 19.2 Å². The summed E-state index contributed by atoms with van der Waals surface area (Å²) in [4.78, 5) is 2.33. The highest BCUT2D eigenvalue weighted by molar-refractivity contribution is 5.66. The first kappa shape index (κ1) is 15.8. The zero-order valence-corrected chi connectivity index (χ0v) is 14.7. The maximum absolute atomic E-state index is 4.36. The van der Waals surface area contributed by atoms with Crippen molar-refractivity contribution in [2.24, 2.45) is 0 Å². The third-order valence-electron chi connectivity index (χ3n) is 4.97. The number of hydrogen-bond donors (Lipinski definition) is 1. The summed E-state index contributed by atoms with van der Waals surface area (Å²) < 4.78 is 0. The van der Waals surface area contributed by atoms with Crippen LogP contribution in [0.5, 0.6) is 0 Å². The topological polar surface area (TPSA) is 57.7 Å². The number of aromatic nitrogens is 4. The summed E-state index contributed by atoms with van der Waals surface area (Å²) >= 11 is 0. The molecule has 25 heavy (non-hydrogen) atoms. The Labute approximate surface area is 148 Å². The quantitative estimate of drug-likeness (QED) is 0.790. The fourth-order valence-electron chi connectivity index (χ4n) is 3.55. The predicted molar refractivity (Wildman–Crippen MR) is 99.7 cm³/mol. The van der Waals surface area contributed by atoms with Gasteiger partial charge in [0.05, 0.1) is 11.9 Å². The number of benzene rings is 1. The van der Waals surface area contributed by atoms with Gasteiger partial charge in [0.2, 0.25) is 0 Å². The Morgan fingerprint density at radius 3 is 2.64 bits per heavy atom. The third-order valence-corrected chi connectivity index (χ3v) is 4.97. The lowest BCUT2D eigenvalue weighted by molar-refractivity contribution is 0.497. The van der Waals surface area contributed by atoms with E-state index in [0.717, 1.165) is 37.4 Å². The first-order valence-electron chi connectivity index (χ1n) is 8.86. The summed E-state index contributed by atoms with van der Waals surface area (Å²) in [6, 6.07) is 12.8. The largest absolute Gasteiger partial charge is 0.354 e. The highest BCUT2D eigenvalue weighted by Gasteiger charge is 2.26. The molecule has 0 unspecified atom stereocenters. The van der Waals surface area contributed by atoms with Gasteiger partial charge in [-0.2, -0.15) is 10.2 Å². The average molecular weight is 333 g/mol. The van der Waals surface area contributed by atoms with Crippen molar-refractivity contribution < 1.29 is 0 Å². The predicted octanol–water partition coefficient (Wildman–Crippen LogP) is 3.87. The second-order valence-electron chi connectivity index (χ2n) is 6.88. The van der Waals surface area contributed by atoms with Crippen LogP contribution in [0.2, 0.25) is 0 Å². The number of piperidine rings is 1. The Kier molecular flexibility index (Phi) is 4.22. The van der Waals surface area contributed by atoms with E-state index in [1.165, 1.54) is 22.4 Å². The zero-order chi connectivity index (χ0) is 17.2. The van der Waals surface area contributed by atoms with Gasteiger partial charge in [-0.05, 0) is 44.4 Å². The minimum absolute atomic E-state index is 0.427. The molecule has 0 amide bonds. The molecule has 2 aromatic heterocycles. The monoisotopic (exact) mass is 333 g/mol. The van der Waals surface area contributed by atoms with Crippen molar-refractivity contribution in [3.05, 3.63) is 59.5 Å². The van der Waals surface area contributed by atoms with Crippen molar-refractivity contribution in [2.45, 2.75) is 32.6 Å². The van der Waals surface area contributed by atoms with Crippen LogP contribution in [0.15, 0.2) is 42.6 Å². The van der Waals surface area contributed by atoms with Crippen molar-refractivity contribution in [2.75, 3.05) is 18.0 Å². The van der Waals surface area contributed by atoms with Crippen molar-refractivity contribution in [3.63, 3.8) is 0 Å². The molecule has 3 heterocycles. The molecule has 0 saturated carbocycles. The first-order valence-corrected chi connectivity index (χ1v) is 8.86. The summed E-state index contributed by atoms with van der Waals surface area (Å²) in [5.41, 5.74) is 5.89. The molecule has 1 fully saturated rings. The molecule has 1 aromatic carbocycles. The minimum atomic E-state index is 0.427. The minimum Gasteiger partial charge on any atom is -0.354 e. The molecule has 4 rings (SSSR count). The molecule has 1 atom stereocenters. The number of nitrogens with one attached hydrogen (secondary N) is 1. The number of rotatable bonds is 3. The molecule has 0 bridgehead atoms. The van der Waals surface area contributed by atoms with Crippen LogP contribution in [0.4, 0.5) is 5.82 Å². The molecule has 5 heteroatoms. The fraction of sp³-hybridized carbons (Fsp3) is 0.350. The van der Waals surface area contributed by atoms with Crippen molar-refractivity contribution in [3.8, 4) is 11.1 Å². The first-order chi connectivity index (χ1) is 12.2. The normalized spacial score (nSPS) is 17.7. The van der Waals surface area contributed by atoms with Gasteiger partial charge in [0, 0.05) is 30.3 Å². The molecule has 1 N–H and O–H groups in total. The van der Waals surface area contributed by atoms with Crippen molar-refractivity contribution in [1.82, 2.24) is 20.4 Å². The number of H-pyrrole nitrogens is 1. The summed E-state index contributed by atoms with van der Waals surface area (Å²) in [5, 5.41) is 16.2. The fourth-order valence-corrected chi connectivity index (χ4v) is 3.55. The second kappa shape index (κ2) is 6.67. The van der Waals surface area contributed by atoms with Gasteiger partial charge >= 0.3 is 0 Å². The Hall–Kier alpha value is -2.69. The summed E-state index contributed by atoms with van der Waals surface area (Å²) in [5.74, 6) is 1.39. The molecule has 0 radical (unpaired) electrons. The number of anilines is 1. The number of nitrogens with zero attached hydrogens (tertiary/aromatic N) is 4. The van der Waals surface area contributed by atoms with Gasteiger partial charge in [-0.15, -0.1) is 5.10 Å².